The summed E-state index contributed by atoms with van der Waals surface area (Å²) in [5.41, 5.74) is 0. The largest absolute Gasteiger partial charge is 0.383 e. The van der Waals surface area contributed by atoms with Gasteiger partial charge in [0.25, 0.3) is 0 Å². The van der Waals surface area contributed by atoms with Crippen LogP contribution in [0.1, 0.15) is 46.0 Å². The van der Waals surface area contributed by atoms with E-state index in [1.165, 1.54) is 32.1 Å². The number of carbonyl (C=O) groups excluding carboxylic acids is 1. The molecule has 0 bridgehead atoms. The molecule has 0 aromatic carbocycles. The molecule has 0 aliphatic heterocycles. The highest BCUT2D eigenvalue weighted by atomic mass is 16.5. The monoisotopic (exact) mass is 256 g/mol. The molecule has 0 heterocycles. The summed E-state index contributed by atoms with van der Waals surface area (Å²) in [6.07, 6.45) is 6.42. The van der Waals surface area contributed by atoms with Gasteiger partial charge in [-0.25, -0.2) is 0 Å². The lowest BCUT2D eigenvalue weighted by atomic mass is 9.97. The Labute approximate surface area is 111 Å². The number of hydrogen-bond donors (Lipinski definition) is 2. The van der Waals surface area contributed by atoms with Gasteiger partial charge in [-0.3, -0.25) is 4.79 Å². The SMILES string of the molecule is COCC(C)NC(=O)CNC1CCCCCC1C. The molecule has 18 heavy (non-hydrogen) atoms. The van der Waals surface area contributed by atoms with Gasteiger partial charge in [-0.15, -0.1) is 0 Å². The van der Waals surface area contributed by atoms with Crippen LogP contribution in [-0.4, -0.2) is 38.3 Å². The normalized spacial score (nSPS) is 26.4. The zero-order chi connectivity index (χ0) is 13.4. The summed E-state index contributed by atoms with van der Waals surface area (Å²) in [5, 5.41) is 6.33. The Morgan fingerprint density at radius 1 is 1.33 bits per heavy atom. The highest BCUT2D eigenvalue weighted by Gasteiger charge is 2.20. The van der Waals surface area contributed by atoms with Gasteiger partial charge in [0.05, 0.1) is 13.2 Å². The average molecular weight is 256 g/mol. The predicted octanol–water partition coefficient (Wildman–Crippen LogP) is 1.70. The topological polar surface area (TPSA) is 50.4 Å². The van der Waals surface area contributed by atoms with Crippen molar-refractivity contribution in [3.8, 4) is 0 Å². The Morgan fingerprint density at radius 2 is 2.06 bits per heavy atom. The van der Waals surface area contributed by atoms with E-state index in [2.05, 4.69) is 17.6 Å². The van der Waals surface area contributed by atoms with Crippen LogP contribution in [0.25, 0.3) is 0 Å². The second-order valence-electron chi connectivity index (χ2n) is 5.53. The number of hydrogen-bond acceptors (Lipinski definition) is 3. The lowest BCUT2D eigenvalue weighted by molar-refractivity contribution is -0.121. The fourth-order valence-corrected chi connectivity index (χ4v) is 2.64. The summed E-state index contributed by atoms with van der Waals surface area (Å²) in [6, 6.07) is 0.576. The summed E-state index contributed by atoms with van der Waals surface area (Å²) in [5.74, 6) is 0.743. The molecule has 1 amide bonds. The van der Waals surface area contributed by atoms with Gasteiger partial charge in [0.15, 0.2) is 0 Å². The van der Waals surface area contributed by atoms with Crippen molar-refractivity contribution in [2.45, 2.75) is 58.0 Å². The Hall–Kier alpha value is -0.610. The first-order valence-electron chi connectivity index (χ1n) is 7.15. The van der Waals surface area contributed by atoms with E-state index in [0.29, 0.717) is 25.1 Å². The molecular weight excluding hydrogens is 228 g/mol. The maximum atomic E-state index is 11.7. The number of rotatable bonds is 6. The first-order chi connectivity index (χ1) is 8.63. The molecule has 0 saturated heterocycles. The van der Waals surface area contributed by atoms with Gasteiger partial charge in [0, 0.05) is 19.2 Å². The van der Waals surface area contributed by atoms with Crippen molar-refractivity contribution < 1.29 is 9.53 Å². The van der Waals surface area contributed by atoms with Crippen molar-refractivity contribution in [1.29, 1.82) is 0 Å². The summed E-state index contributed by atoms with van der Waals surface area (Å²) in [6.45, 7) is 5.22. The summed E-state index contributed by atoms with van der Waals surface area (Å²) in [4.78, 5) is 11.7. The Morgan fingerprint density at radius 3 is 2.78 bits per heavy atom. The average Bonchev–Trinajstić information content (AvgIpc) is 2.51. The van der Waals surface area contributed by atoms with Crippen LogP contribution in [0, 0.1) is 5.92 Å². The van der Waals surface area contributed by atoms with E-state index in [9.17, 15) is 4.79 Å². The minimum absolute atomic E-state index is 0.0657. The fourth-order valence-electron chi connectivity index (χ4n) is 2.64. The second-order valence-corrected chi connectivity index (χ2v) is 5.53. The van der Waals surface area contributed by atoms with E-state index in [1.54, 1.807) is 7.11 Å². The third-order valence-electron chi connectivity index (χ3n) is 3.71. The summed E-state index contributed by atoms with van der Waals surface area (Å²) < 4.78 is 5.00. The molecule has 0 spiro atoms. The quantitative estimate of drug-likeness (QED) is 0.711. The number of nitrogens with one attached hydrogen (secondary N) is 2. The van der Waals surface area contributed by atoms with Crippen molar-refractivity contribution in [3.63, 3.8) is 0 Å². The molecule has 1 aliphatic rings. The van der Waals surface area contributed by atoms with E-state index < -0.39 is 0 Å². The highest BCUT2D eigenvalue weighted by Crippen LogP contribution is 2.22. The molecule has 0 aromatic heterocycles. The zero-order valence-corrected chi connectivity index (χ0v) is 12.0. The molecule has 1 rings (SSSR count). The molecule has 3 atom stereocenters. The van der Waals surface area contributed by atoms with Crippen LogP contribution in [-0.2, 0) is 9.53 Å². The molecular formula is C14H28N2O2. The molecule has 1 fully saturated rings. The molecule has 1 saturated carbocycles. The minimum Gasteiger partial charge on any atom is -0.383 e. The van der Waals surface area contributed by atoms with Gasteiger partial charge in [-0.1, -0.05) is 26.2 Å². The van der Waals surface area contributed by atoms with Gasteiger partial charge < -0.3 is 15.4 Å². The van der Waals surface area contributed by atoms with Gasteiger partial charge in [0.1, 0.15) is 0 Å². The van der Waals surface area contributed by atoms with Crippen LogP contribution in [0.4, 0.5) is 0 Å². The first-order valence-corrected chi connectivity index (χ1v) is 7.15. The van der Waals surface area contributed by atoms with E-state index in [-0.39, 0.29) is 11.9 Å². The van der Waals surface area contributed by atoms with Crippen molar-refractivity contribution in [3.05, 3.63) is 0 Å². The van der Waals surface area contributed by atoms with Gasteiger partial charge in [-0.2, -0.15) is 0 Å². The lowest BCUT2D eigenvalue weighted by Gasteiger charge is -2.23. The van der Waals surface area contributed by atoms with E-state index in [1.807, 2.05) is 6.92 Å². The molecule has 0 radical (unpaired) electrons. The third-order valence-corrected chi connectivity index (χ3v) is 3.71. The van der Waals surface area contributed by atoms with E-state index in [0.717, 1.165) is 0 Å². The molecule has 4 heteroatoms. The zero-order valence-electron chi connectivity index (χ0n) is 12.0. The Bertz CT molecular complexity index is 246. The molecule has 4 nitrogen and oxygen atoms in total. The van der Waals surface area contributed by atoms with Crippen LogP contribution in [0.2, 0.25) is 0 Å². The van der Waals surface area contributed by atoms with Gasteiger partial charge in [0.2, 0.25) is 5.91 Å². The molecule has 0 aromatic rings. The van der Waals surface area contributed by atoms with Crippen LogP contribution >= 0.6 is 0 Å². The second kappa shape index (κ2) is 8.48. The maximum Gasteiger partial charge on any atom is 0.234 e. The standard InChI is InChI=1S/C14H28N2O2/c1-11-7-5-4-6-8-13(11)15-9-14(17)16-12(2)10-18-3/h11-13,15H,4-10H2,1-3H3,(H,16,17). The van der Waals surface area contributed by atoms with Crippen LogP contribution in [0.5, 0.6) is 0 Å². The minimum atomic E-state index is 0.0657. The number of amides is 1. The summed E-state index contributed by atoms with van der Waals surface area (Å²) in [7, 11) is 1.65. The predicted molar refractivity (Wildman–Crippen MR) is 73.5 cm³/mol. The Balaban J connectivity index is 2.23. The van der Waals surface area contributed by atoms with Gasteiger partial charge in [-0.05, 0) is 25.7 Å². The smallest absolute Gasteiger partial charge is 0.234 e. The lowest BCUT2D eigenvalue weighted by Crippen LogP contribution is -2.45. The number of methoxy groups -OCH3 is 1. The number of ether oxygens (including phenoxy) is 1. The number of carbonyl (C=O) groups is 1. The van der Waals surface area contributed by atoms with Crippen molar-refractivity contribution in [2.75, 3.05) is 20.3 Å². The Kier molecular flexibility index (Phi) is 7.28. The van der Waals surface area contributed by atoms with E-state index >= 15 is 0 Å². The van der Waals surface area contributed by atoms with Crippen molar-refractivity contribution in [2.24, 2.45) is 5.92 Å². The molecule has 1 aliphatic carbocycles. The molecule has 2 N–H and O–H groups in total. The third kappa shape index (κ3) is 5.83. The maximum absolute atomic E-state index is 11.7. The van der Waals surface area contributed by atoms with Crippen LogP contribution in [0.3, 0.4) is 0 Å². The van der Waals surface area contributed by atoms with Crippen molar-refractivity contribution >= 4 is 5.91 Å². The van der Waals surface area contributed by atoms with Crippen LogP contribution < -0.4 is 10.6 Å². The van der Waals surface area contributed by atoms with Gasteiger partial charge >= 0.3 is 0 Å². The highest BCUT2D eigenvalue weighted by molar-refractivity contribution is 5.78. The fraction of sp³-hybridized carbons (Fsp3) is 0.929. The van der Waals surface area contributed by atoms with Crippen molar-refractivity contribution in [1.82, 2.24) is 10.6 Å². The first kappa shape index (κ1) is 15.4. The molecule has 106 valence electrons. The van der Waals surface area contributed by atoms with Crippen LogP contribution in [0.15, 0.2) is 0 Å². The van der Waals surface area contributed by atoms with E-state index in [4.69, 9.17) is 4.74 Å². The molecule has 3 unspecified atom stereocenters. The summed E-state index contributed by atoms with van der Waals surface area (Å²) >= 11 is 0.